The lowest BCUT2D eigenvalue weighted by atomic mass is 10.0. The number of guanidine groups is 1. The lowest BCUT2D eigenvalue weighted by Gasteiger charge is -2.18. The zero-order valence-electron chi connectivity index (χ0n) is 10.7. The number of benzene rings is 1. The topological polar surface area (TPSA) is 27.6 Å². The van der Waals surface area contributed by atoms with Gasteiger partial charge in [-0.15, -0.1) is 24.0 Å². The average Bonchev–Trinajstić information content (AvgIpc) is 2.73. The summed E-state index contributed by atoms with van der Waals surface area (Å²) in [6.45, 7) is 4.78. The van der Waals surface area contributed by atoms with Gasteiger partial charge >= 0.3 is 0 Å². The molecule has 0 aliphatic carbocycles. The van der Waals surface area contributed by atoms with Crippen molar-refractivity contribution >= 4 is 29.9 Å². The minimum Gasteiger partial charge on any atom is -0.356 e. The Labute approximate surface area is 124 Å². The second-order valence-corrected chi connectivity index (χ2v) is 4.46. The van der Waals surface area contributed by atoms with Crippen LogP contribution in [-0.2, 0) is 0 Å². The van der Waals surface area contributed by atoms with Gasteiger partial charge in [0.2, 0.25) is 0 Å². The van der Waals surface area contributed by atoms with Gasteiger partial charge in [-0.05, 0) is 23.6 Å². The molecule has 1 aliphatic heterocycles. The molecule has 5 heteroatoms. The lowest BCUT2D eigenvalue weighted by Crippen LogP contribution is -2.37. The van der Waals surface area contributed by atoms with Crippen LogP contribution in [0.1, 0.15) is 18.4 Å². The van der Waals surface area contributed by atoms with Crippen LogP contribution in [0, 0.1) is 5.82 Å². The first-order chi connectivity index (χ1) is 8.16. The molecule has 1 unspecified atom stereocenters. The summed E-state index contributed by atoms with van der Waals surface area (Å²) in [4.78, 5) is 6.48. The van der Waals surface area contributed by atoms with Crippen molar-refractivity contribution in [1.29, 1.82) is 0 Å². The number of halogens is 2. The van der Waals surface area contributed by atoms with Gasteiger partial charge in [0.15, 0.2) is 5.96 Å². The van der Waals surface area contributed by atoms with Crippen molar-refractivity contribution < 1.29 is 4.39 Å². The van der Waals surface area contributed by atoms with E-state index in [0.29, 0.717) is 5.92 Å². The van der Waals surface area contributed by atoms with Crippen LogP contribution in [0.4, 0.5) is 4.39 Å². The third kappa shape index (κ3) is 3.83. The van der Waals surface area contributed by atoms with Gasteiger partial charge in [-0.2, -0.15) is 0 Å². The molecule has 1 aliphatic rings. The Hall–Kier alpha value is -0.850. The van der Waals surface area contributed by atoms with Gasteiger partial charge < -0.3 is 10.2 Å². The highest BCUT2D eigenvalue weighted by molar-refractivity contribution is 14.0. The third-order valence-corrected chi connectivity index (χ3v) is 3.06. The highest BCUT2D eigenvalue weighted by Crippen LogP contribution is 2.14. The van der Waals surface area contributed by atoms with Crippen LogP contribution in [0.2, 0.25) is 0 Å². The summed E-state index contributed by atoms with van der Waals surface area (Å²) in [7, 11) is 2.03. The van der Waals surface area contributed by atoms with Gasteiger partial charge in [-0.1, -0.05) is 19.1 Å². The molecule has 0 aromatic heterocycles. The van der Waals surface area contributed by atoms with E-state index in [0.717, 1.165) is 31.2 Å². The van der Waals surface area contributed by atoms with Crippen molar-refractivity contribution in [1.82, 2.24) is 10.2 Å². The Kier molecular flexibility index (Phi) is 5.84. The van der Waals surface area contributed by atoms with E-state index in [1.54, 1.807) is 0 Å². The molecule has 1 atom stereocenters. The van der Waals surface area contributed by atoms with Crippen molar-refractivity contribution in [2.45, 2.75) is 12.8 Å². The van der Waals surface area contributed by atoms with Gasteiger partial charge in [-0.25, -0.2) is 4.39 Å². The van der Waals surface area contributed by atoms with Crippen molar-refractivity contribution in [2.24, 2.45) is 4.99 Å². The molecule has 1 aromatic rings. The van der Waals surface area contributed by atoms with Gasteiger partial charge in [0.05, 0.1) is 6.54 Å². The first-order valence-electron chi connectivity index (χ1n) is 5.92. The zero-order valence-corrected chi connectivity index (χ0v) is 13.0. The maximum Gasteiger partial charge on any atom is 0.193 e. The molecule has 3 nitrogen and oxygen atoms in total. The number of hydrogen-bond acceptors (Lipinski definition) is 3. The smallest absolute Gasteiger partial charge is 0.193 e. The standard InChI is InChI=1S/C13H18FN3.HI/c1-10(11-3-5-12(14)6-4-11)9-16-13-15-7-8-17(13)2;/h3-6,10H,7-9H2,1-2H3,(H,15,16);1H. The fourth-order valence-electron chi connectivity index (χ4n) is 1.88. The fourth-order valence-corrected chi connectivity index (χ4v) is 1.88. The number of nitrogens with one attached hydrogen (secondary N) is 1. The van der Waals surface area contributed by atoms with Crippen LogP contribution < -0.4 is 5.32 Å². The maximum atomic E-state index is 12.8. The molecule has 18 heavy (non-hydrogen) atoms. The Morgan fingerprint density at radius 1 is 1.39 bits per heavy atom. The summed E-state index contributed by atoms with van der Waals surface area (Å²) < 4.78 is 12.8. The SMILES string of the molecule is CC(CNC1=NCCN1C)c1ccc(F)cc1.I. The largest absolute Gasteiger partial charge is 0.356 e. The van der Waals surface area contributed by atoms with Crippen LogP contribution >= 0.6 is 24.0 Å². The summed E-state index contributed by atoms with van der Waals surface area (Å²) in [5, 5.41) is 3.33. The van der Waals surface area contributed by atoms with Gasteiger partial charge in [-0.3, -0.25) is 4.99 Å². The minimum absolute atomic E-state index is 0. The molecular weight excluding hydrogens is 344 g/mol. The summed E-state index contributed by atoms with van der Waals surface area (Å²) in [6, 6.07) is 6.68. The fraction of sp³-hybridized carbons (Fsp3) is 0.462. The average molecular weight is 363 g/mol. The van der Waals surface area contributed by atoms with Crippen LogP contribution in [0.25, 0.3) is 0 Å². The van der Waals surface area contributed by atoms with Crippen molar-refractivity contribution in [3.05, 3.63) is 35.6 Å². The van der Waals surface area contributed by atoms with E-state index in [1.165, 1.54) is 12.1 Å². The van der Waals surface area contributed by atoms with Crippen molar-refractivity contribution in [3.8, 4) is 0 Å². The summed E-state index contributed by atoms with van der Waals surface area (Å²) in [5.41, 5.74) is 1.14. The summed E-state index contributed by atoms with van der Waals surface area (Å²) >= 11 is 0. The minimum atomic E-state index is -0.186. The van der Waals surface area contributed by atoms with Gasteiger partial charge in [0.1, 0.15) is 5.82 Å². The molecule has 0 saturated heterocycles. The highest BCUT2D eigenvalue weighted by atomic mass is 127. The number of aliphatic imine (C=N–C) groups is 1. The highest BCUT2D eigenvalue weighted by Gasteiger charge is 2.13. The molecule has 0 radical (unpaired) electrons. The van der Waals surface area contributed by atoms with Crippen LogP contribution in [0.15, 0.2) is 29.3 Å². The quantitative estimate of drug-likeness (QED) is 0.836. The Morgan fingerprint density at radius 2 is 2.06 bits per heavy atom. The van der Waals surface area contributed by atoms with Gasteiger partial charge in [0, 0.05) is 20.1 Å². The van der Waals surface area contributed by atoms with E-state index in [-0.39, 0.29) is 29.8 Å². The number of rotatable bonds is 3. The Balaban J connectivity index is 0.00000162. The van der Waals surface area contributed by atoms with Crippen LogP contribution in [0.5, 0.6) is 0 Å². The van der Waals surface area contributed by atoms with E-state index in [4.69, 9.17) is 0 Å². The predicted octanol–water partition coefficient (Wildman–Crippen LogP) is 2.44. The second kappa shape index (κ2) is 6.92. The van der Waals surface area contributed by atoms with E-state index >= 15 is 0 Å². The molecule has 100 valence electrons. The number of nitrogens with zero attached hydrogens (tertiary/aromatic N) is 2. The normalized spacial score (nSPS) is 15.9. The maximum absolute atomic E-state index is 12.8. The Morgan fingerprint density at radius 3 is 2.61 bits per heavy atom. The van der Waals surface area contributed by atoms with Crippen molar-refractivity contribution in [2.75, 3.05) is 26.7 Å². The number of likely N-dealkylation sites (N-methyl/N-ethyl adjacent to an activating group) is 1. The molecule has 1 aromatic carbocycles. The molecule has 2 rings (SSSR count). The zero-order chi connectivity index (χ0) is 12.3. The van der Waals surface area contributed by atoms with Crippen LogP contribution in [0.3, 0.4) is 0 Å². The van der Waals surface area contributed by atoms with Gasteiger partial charge in [0.25, 0.3) is 0 Å². The monoisotopic (exact) mass is 363 g/mol. The molecule has 0 fully saturated rings. The molecule has 0 amide bonds. The Bertz CT molecular complexity index is 405. The summed E-state index contributed by atoms with van der Waals surface area (Å²) in [5.74, 6) is 1.11. The third-order valence-electron chi connectivity index (χ3n) is 3.06. The second-order valence-electron chi connectivity index (χ2n) is 4.46. The van der Waals surface area contributed by atoms with E-state index in [2.05, 4.69) is 22.1 Å². The molecule has 1 heterocycles. The summed E-state index contributed by atoms with van der Waals surface area (Å²) in [6.07, 6.45) is 0. The molecule has 1 N–H and O–H groups in total. The first-order valence-corrected chi connectivity index (χ1v) is 5.92. The first kappa shape index (κ1) is 15.2. The van der Waals surface area contributed by atoms with E-state index in [9.17, 15) is 4.39 Å². The van der Waals surface area contributed by atoms with Crippen LogP contribution in [-0.4, -0.2) is 37.5 Å². The van der Waals surface area contributed by atoms with E-state index < -0.39 is 0 Å². The molecule has 0 spiro atoms. The molecule has 0 bridgehead atoms. The molecule has 0 saturated carbocycles. The lowest BCUT2D eigenvalue weighted by molar-refractivity contribution is 0.529. The van der Waals surface area contributed by atoms with E-state index in [1.807, 2.05) is 19.2 Å². The molecular formula is C13H19FIN3. The predicted molar refractivity (Wildman–Crippen MR) is 83.2 cm³/mol. The number of hydrogen-bond donors (Lipinski definition) is 1. The van der Waals surface area contributed by atoms with Crippen molar-refractivity contribution in [3.63, 3.8) is 0 Å².